The van der Waals surface area contributed by atoms with E-state index in [9.17, 15) is 18.0 Å². The normalized spacial score (nSPS) is 11.2. The van der Waals surface area contributed by atoms with E-state index in [-0.39, 0.29) is 11.4 Å². The molecule has 0 bridgehead atoms. The van der Waals surface area contributed by atoms with Crippen molar-refractivity contribution in [1.82, 2.24) is 4.98 Å². The number of rotatable bonds is 3. The van der Waals surface area contributed by atoms with Crippen LogP contribution in [0.4, 0.5) is 24.5 Å². The Bertz CT molecular complexity index is 672. The first kappa shape index (κ1) is 15.3. The number of nitrogens with one attached hydrogen (secondary N) is 1. The Morgan fingerprint density at radius 2 is 1.95 bits per heavy atom. The van der Waals surface area contributed by atoms with Crippen molar-refractivity contribution in [3.8, 4) is 0 Å². The maximum Gasteiger partial charge on any atom is 0.416 e. The number of hydrogen-bond donors (Lipinski definition) is 2. The molecule has 0 unspecified atom stereocenters. The molecule has 110 valence electrons. The van der Waals surface area contributed by atoms with Gasteiger partial charge in [0.05, 0.1) is 23.1 Å². The molecular weight excluding hydrogens is 353 g/mol. The average Bonchev–Trinajstić information content (AvgIpc) is 2.40. The molecule has 0 saturated carbocycles. The second-order valence-corrected chi connectivity index (χ2v) is 4.91. The lowest BCUT2D eigenvalue weighted by Gasteiger charge is -2.12. The van der Waals surface area contributed by atoms with Gasteiger partial charge in [0, 0.05) is 4.47 Å². The lowest BCUT2D eigenvalue weighted by Crippen LogP contribution is -2.06. The van der Waals surface area contributed by atoms with Crippen molar-refractivity contribution < 1.29 is 23.1 Å². The highest BCUT2D eigenvalue weighted by atomic mass is 79.9. The molecule has 0 aliphatic carbocycles. The number of nitrogens with zero attached hydrogens (tertiary/aromatic N) is 1. The quantitative estimate of drug-likeness (QED) is 0.856. The SMILES string of the molecule is O=C(O)c1ccc(Nc2cc(C(F)(F)F)ccc2Br)cn1. The van der Waals surface area contributed by atoms with Gasteiger partial charge >= 0.3 is 12.1 Å². The summed E-state index contributed by atoms with van der Waals surface area (Å²) in [5, 5.41) is 11.5. The fraction of sp³-hybridized carbons (Fsp3) is 0.0769. The molecule has 0 amide bonds. The molecule has 1 aromatic carbocycles. The van der Waals surface area contributed by atoms with Crippen molar-refractivity contribution in [2.75, 3.05) is 5.32 Å². The van der Waals surface area contributed by atoms with Gasteiger partial charge < -0.3 is 10.4 Å². The van der Waals surface area contributed by atoms with E-state index in [0.717, 1.165) is 12.1 Å². The number of pyridine rings is 1. The third-order valence-corrected chi connectivity index (χ3v) is 3.25. The molecule has 1 heterocycles. The fourth-order valence-corrected chi connectivity index (χ4v) is 1.89. The zero-order valence-electron chi connectivity index (χ0n) is 10.3. The van der Waals surface area contributed by atoms with E-state index in [1.165, 1.54) is 24.4 Å². The predicted octanol–water partition coefficient (Wildman–Crippen LogP) is 4.30. The molecule has 4 nitrogen and oxygen atoms in total. The highest BCUT2D eigenvalue weighted by Crippen LogP contribution is 2.34. The zero-order chi connectivity index (χ0) is 15.6. The molecule has 2 aromatic rings. The molecule has 0 atom stereocenters. The number of hydrogen-bond acceptors (Lipinski definition) is 3. The Morgan fingerprint density at radius 1 is 1.24 bits per heavy atom. The van der Waals surface area contributed by atoms with Crippen LogP contribution in [0.5, 0.6) is 0 Å². The van der Waals surface area contributed by atoms with E-state index in [0.29, 0.717) is 10.2 Å². The van der Waals surface area contributed by atoms with Gasteiger partial charge in [-0.15, -0.1) is 0 Å². The molecule has 1 aromatic heterocycles. The van der Waals surface area contributed by atoms with Crippen molar-refractivity contribution in [1.29, 1.82) is 0 Å². The van der Waals surface area contributed by atoms with E-state index in [1.54, 1.807) is 0 Å². The van der Waals surface area contributed by atoms with Crippen molar-refractivity contribution in [3.05, 3.63) is 52.3 Å². The minimum absolute atomic E-state index is 0.149. The van der Waals surface area contributed by atoms with Crippen LogP contribution in [0.15, 0.2) is 41.0 Å². The van der Waals surface area contributed by atoms with Gasteiger partial charge in [0.1, 0.15) is 5.69 Å². The summed E-state index contributed by atoms with van der Waals surface area (Å²) >= 11 is 3.15. The molecule has 8 heteroatoms. The number of carboxylic acids is 1. The lowest BCUT2D eigenvalue weighted by atomic mass is 10.2. The molecule has 0 spiro atoms. The summed E-state index contributed by atoms with van der Waals surface area (Å²) in [5.74, 6) is -1.18. The Hall–Kier alpha value is -2.09. The van der Waals surface area contributed by atoms with Crippen LogP contribution in [0.25, 0.3) is 0 Å². The summed E-state index contributed by atoms with van der Waals surface area (Å²) in [7, 11) is 0. The molecule has 2 N–H and O–H groups in total. The Labute approximate surface area is 125 Å². The molecule has 0 aliphatic rings. The zero-order valence-corrected chi connectivity index (χ0v) is 11.9. The minimum atomic E-state index is -4.44. The summed E-state index contributed by atoms with van der Waals surface area (Å²) in [4.78, 5) is 14.3. The van der Waals surface area contributed by atoms with Gasteiger partial charge in [0.15, 0.2) is 0 Å². The highest BCUT2D eigenvalue weighted by molar-refractivity contribution is 9.10. The van der Waals surface area contributed by atoms with Gasteiger partial charge in [-0.3, -0.25) is 0 Å². The van der Waals surface area contributed by atoms with Crippen LogP contribution in [0.1, 0.15) is 16.1 Å². The van der Waals surface area contributed by atoms with E-state index in [2.05, 4.69) is 26.2 Å². The van der Waals surface area contributed by atoms with Crippen LogP contribution >= 0.6 is 15.9 Å². The third-order valence-electron chi connectivity index (χ3n) is 2.56. The molecule has 0 saturated heterocycles. The second kappa shape index (κ2) is 5.72. The Kier molecular flexibility index (Phi) is 4.17. The van der Waals surface area contributed by atoms with Gasteiger partial charge in [-0.25, -0.2) is 9.78 Å². The van der Waals surface area contributed by atoms with E-state index >= 15 is 0 Å². The number of aromatic nitrogens is 1. The van der Waals surface area contributed by atoms with E-state index in [4.69, 9.17) is 5.11 Å². The summed E-state index contributed by atoms with van der Waals surface area (Å²) in [6, 6.07) is 5.87. The van der Waals surface area contributed by atoms with Crippen LogP contribution < -0.4 is 5.32 Å². The monoisotopic (exact) mass is 360 g/mol. The fourth-order valence-electron chi connectivity index (χ4n) is 1.55. The summed E-state index contributed by atoms with van der Waals surface area (Å²) in [6.07, 6.45) is -3.21. The number of benzene rings is 1. The number of carbonyl (C=O) groups is 1. The average molecular weight is 361 g/mol. The number of anilines is 2. The maximum atomic E-state index is 12.7. The predicted molar refractivity (Wildman–Crippen MR) is 73.6 cm³/mol. The molecule has 0 radical (unpaired) electrons. The molecule has 2 rings (SSSR count). The van der Waals surface area contributed by atoms with E-state index < -0.39 is 17.7 Å². The number of carboxylic acid groups (broad SMARTS) is 1. The topological polar surface area (TPSA) is 62.2 Å². The standard InChI is InChI=1S/C13H8BrF3N2O2/c14-9-3-1-7(13(15,16)17)5-11(9)19-8-2-4-10(12(20)21)18-6-8/h1-6,19H,(H,20,21). The van der Waals surface area contributed by atoms with Crippen molar-refractivity contribution in [2.45, 2.75) is 6.18 Å². The molecule has 21 heavy (non-hydrogen) atoms. The largest absolute Gasteiger partial charge is 0.477 e. The molecule has 0 fully saturated rings. The Balaban J connectivity index is 2.28. The lowest BCUT2D eigenvalue weighted by molar-refractivity contribution is -0.137. The summed E-state index contributed by atoms with van der Waals surface area (Å²) in [5.41, 5.74) is -0.360. The summed E-state index contributed by atoms with van der Waals surface area (Å²) in [6.45, 7) is 0. The van der Waals surface area contributed by atoms with E-state index in [1.807, 2.05) is 0 Å². The number of halogens is 4. The van der Waals surface area contributed by atoms with Crippen LogP contribution in [0.2, 0.25) is 0 Å². The third kappa shape index (κ3) is 3.72. The van der Waals surface area contributed by atoms with Gasteiger partial charge in [-0.1, -0.05) is 0 Å². The van der Waals surface area contributed by atoms with Gasteiger partial charge in [-0.2, -0.15) is 13.2 Å². The second-order valence-electron chi connectivity index (χ2n) is 4.05. The summed E-state index contributed by atoms with van der Waals surface area (Å²) < 4.78 is 38.4. The number of aromatic carboxylic acids is 1. The maximum absolute atomic E-state index is 12.7. The van der Waals surface area contributed by atoms with Crippen LogP contribution in [-0.2, 0) is 6.18 Å². The first-order valence-corrected chi connectivity index (χ1v) is 6.40. The van der Waals surface area contributed by atoms with Crippen LogP contribution in [0.3, 0.4) is 0 Å². The smallest absolute Gasteiger partial charge is 0.416 e. The highest BCUT2D eigenvalue weighted by Gasteiger charge is 2.30. The minimum Gasteiger partial charge on any atom is -0.477 e. The van der Waals surface area contributed by atoms with Crippen LogP contribution in [-0.4, -0.2) is 16.1 Å². The first-order chi connectivity index (χ1) is 9.77. The van der Waals surface area contributed by atoms with Gasteiger partial charge in [0.25, 0.3) is 0 Å². The van der Waals surface area contributed by atoms with Gasteiger partial charge in [-0.05, 0) is 46.3 Å². The van der Waals surface area contributed by atoms with Crippen molar-refractivity contribution in [3.63, 3.8) is 0 Å². The molecule has 0 aliphatic heterocycles. The first-order valence-electron chi connectivity index (χ1n) is 5.60. The van der Waals surface area contributed by atoms with Crippen molar-refractivity contribution >= 4 is 33.3 Å². The Morgan fingerprint density at radius 3 is 2.48 bits per heavy atom. The molecular formula is C13H8BrF3N2O2. The number of alkyl halides is 3. The van der Waals surface area contributed by atoms with Crippen molar-refractivity contribution in [2.24, 2.45) is 0 Å². The van der Waals surface area contributed by atoms with Crippen LogP contribution in [0, 0.1) is 0 Å². The van der Waals surface area contributed by atoms with Gasteiger partial charge in [0.2, 0.25) is 0 Å².